The molecule has 0 saturated carbocycles. The Bertz CT molecular complexity index is 757. The minimum Gasteiger partial charge on any atom is -0.267 e. The molecule has 0 saturated heterocycles. The molecule has 1 aromatic carbocycles. The molecule has 0 unspecified atom stereocenters. The number of nitrogens with zero attached hydrogens (tertiary/aromatic N) is 2. The summed E-state index contributed by atoms with van der Waals surface area (Å²) in [7, 11) is 0. The second kappa shape index (κ2) is 4.38. The molecule has 7 heteroatoms. The molecule has 102 valence electrons. The van der Waals surface area contributed by atoms with Gasteiger partial charge >= 0.3 is 0 Å². The summed E-state index contributed by atoms with van der Waals surface area (Å²) >= 11 is 1.18. The number of hydrogen-bond donors (Lipinski definition) is 1. The number of anilines is 1. The van der Waals surface area contributed by atoms with Gasteiger partial charge in [0.05, 0.1) is 10.2 Å². The lowest BCUT2D eigenvalue weighted by Gasteiger charge is -2.14. The van der Waals surface area contributed by atoms with Gasteiger partial charge in [-0.1, -0.05) is 11.3 Å². The van der Waals surface area contributed by atoms with E-state index in [2.05, 4.69) is 10.4 Å². The Morgan fingerprint density at radius 1 is 1.20 bits per heavy atom. The van der Waals surface area contributed by atoms with Crippen LogP contribution in [-0.2, 0) is 9.59 Å². The molecule has 1 aliphatic heterocycles. The van der Waals surface area contributed by atoms with Gasteiger partial charge in [-0.05, 0) is 32.0 Å². The Labute approximate surface area is 117 Å². The lowest BCUT2D eigenvalue weighted by molar-refractivity contribution is -0.135. The molecule has 0 fully saturated rings. The minimum atomic E-state index is -0.391. The number of rotatable bonds is 2. The average Bonchev–Trinajstić information content (AvgIpc) is 2.89. The fourth-order valence-electron chi connectivity index (χ4n) is 1.89. The lowest BCUT2D eigenvalue weighted by Crippen LogP contribution is -2.36. The van der Waals surface area contributed by atoms with Crippen LogP contribution < -0.4 is 5.43 Å². The highest BCUT2D eigenvalue weighted by atomic mass is 32.1. The van der Waals surface area contributed by atoms with Crippen molar-refractivity contribution < 1.29 is 14.0 Å². The molecule has 2 heterocycles. The van der Waals surface area contributed by atoms with Crippen LogP contribution in [0.5, 0.6) is 0 Å². The molecule has 5 nitrogen and oxygen atoms in total. The Hall–Kier alpha value is -2.28. The summed E-state index contributed by atoms with van der Waals surface area (Å²) in [5.41, 5.74) is 4.12. The van der Waals surface area contributed by atoms with E-state index in [0.29, 0.717) is 26.5 Å². The zero-order chi connectivity index (χ0) is 14.4. The van der Waals surface area contributed by atoms with Crippen molar-refractivity contribution in [2.45, 2.75) is 13.8 Å². The third kappa shape index (κ3) is 1.87. The molecule has 2 aromatic rings. The monoisotopic (exact) mass is 291 g/mol. The molecular weight excluding hydrogens is 281 g/mol. The van der Waals surface area contributed by atoms with Crippen LogP contribution in [0, 0.1) is 5.82 Å². The summed E-state index contributed by atoms with van der Waals surface area (Å²) in [5, 5.41) is 1.30. The van der Waals surface area contributed by atoms with Crippen LogP contribution in [-0.4, -0.2) is 21.8 Å². The number of aromatic nitrogens is 1. The maximum atomic E-state index is 13.1. The smallest absolute Gasteiger partial charge is 0.267 e. The summed E-state index contributed by atoms with van der Waals surface area (Å²) in [4.78, 5) is 28.0. The Balaban J connectivity index is 1.91. The molecule has 0 bridgehead atoms. The second-order valence-electron chi connectivity index (χ2n) is 4.44. The van der Waals surface area contributed by atoms with Crippen molar-refractivity contribution in [2.24, 2.45) is 0 Å². The number of halogens is 1. The number of carbonyl (C=O) groups is 2. The van der Waals surface area contributed by atoms with E-state index in [0.717, 1.165) is 5.01 Å². The zero-order valence-corrected chi connectivity index (χ0v) is 11.5. The van der Waals surface area contributed by atoms with Gasteiger partial charge in [-0.25, -0.2) is 9.37 Å². The average molecular weight is 291 g/mol. The van der Waals surface area contributed by atoms with E-state index in [1.165, 1.54) is 23.5 Å². The van der Waals surface area contributed by atoms with E-state index in [1.807, 2.05) is 0 Å². The van der Waals surface area contributed by atoms with Crippen molar-refractivity contribution in [3.8, 4) is 0 Å². The number of thiazole rings is 1. The van der Waals surface area contributed by atoms with Gasteiger partial charge in [0.15, 0.2) is 0 Å². The van der Waals surface area contributed by atoms with E-state index >= 15 is 0 Å². The van der Waals surface area contributed by atoms with Gasteiger partial charge in [-0.3, -0.25) is 15.0 Å². The van der Waals surface area contributed by atoms with Crippen LogP contribution in [0.3, 0.4) is 0 Å². The number of hydrazine groups is 1. The van der Waals surface area contributed by atoms with Crippen molar-refractivity contribution in [3.05, 3.63) is 35.2 Å². The van der Waals surface area contributed by atoms with Gasteiger partial charge in [0.25, 0.3) is 11.8 Å². The van der Waals surface area contributed by atoms with Crippen LogP contribution in [0.1, 0.15) is 13.8 Å². The van der Waals surface area contributed by atoms with Crippen LogP contribution in [0.4, 0.5) is 9.52 Å². The molecule has 0 radical (unpaired) electrons. The molecule has 1 N–H and O–H groups in total. The predicted molar refractivity (Wildman–Crippen MR) is 73.4 cm³/mol. The number of fused-ring (bicyclic) bond motifs is 1. The van der Waals surface area contributed by atoms with Crippen molar-refractivity contribution in [1.82, 2.24) is 9.99 Å². The summed E-state index contributed by atoms with van der Waals surface area (Å²) in [6.07, 6.45) is 0. The standard InChI is InChI=1S/C13H10FN3O2S/c1-6-7(2)12(19)17(11(6)18)16-13-15-9-4-3-8(14)5-10(9)20-13/h3-5H,1-2H3,(H,15,16). The molecule has 2 amide bonds. The van der Waals surface area contributed by atoms with Crippen LogP contribution in [0.25, 0.3) is 10.2 Å². The predicted octanol–water partition coefficient (Wildman–Crippen LogP) is 2.47. The van der Waals surface area contributed by atoms with E-state index in [-0.39, 0.29) is 5.82 Å². The maximum absolute atomic E-state index is 13.1. The first kappa shape index (κ1) is 12.7. The van der Waals surface area contributed by atoms with Gasteiger partial charge < -0.3 is 0 Å². The first-order chi connectivity index (χ1) is 9.47. The summed E-state index contributed by atoms with van der Waals surface area (Å²) in [6, 6.07) is 4.23. The van der Waals surface area contributed by atoms with E-state index in [4.69, 9.17) is 0 Å². The number of benzene rings is 1. The van der Waals surface area contributed by atoms with Gasteiger partial charge in [-0.15, -0.1) is 0 Å². The summed E-state index contributed by atoms with van der Waals surface area (Å²) < 4.78 is 13.8. The Kier molecular flexibility index (Phi) is 2.79. The minimum absolute atomic E-state index is 0.352. The first-order valence-electron chi connectivity index (χ1n) is 5.86. The van der Waals surface area contributed by atoms with Gasteiger partial charge in [0, 0.05) is 11.1 Å². The highest BCUT2D eigenvalue weighted by Gasteiger charge is 2.34. The lowest BCUT2D eigenvalue weighted by atomic mass is 10.2. The van der Waals surface area contributed by atoms with E-state index in [9.17, 15) is 14.0 Å². The van der Waals surface area contributed by atoms with Crippen LogP contribution >= 0.6 is 11.3 Å². The number of carbonyl (C=O) groups excluding carboxylic acids is 2. The summed E-state index contributed by atoms with van der Waals surface area (Å²) in [5.74, 6) is -1.13. The molecule has 3 rings (SSSR count). The molecular formula is C13H10FN3O2S. The SMILES string of the molecule is CC1=C(C)C(=O)N(Nc2nc3ccc(F)cc3s2)C1=O. The largest absolute Gasteiger partial charge is 0.275 e. The number of nitrogens with one attached hydrogen (secondary N) is 1. The third-order valence-corrected chi connectivity index (χ3v) is 4.09. The number of imide groups is 1. The van der Waals surface area contributed by atoms with Crippen molar-refractivity contribution in [2.75, 3.05) is 5.43 Å². The number of amides is 2. The topological polar surface area (TPSA) is 62.3 Å². The Morgan fingerprint density at radius 2 is 1.85 bits per heavy atom. The molecule has 20 heavy (non-hydrogen) atoms. The third-order valence-electron chi connectivity index (χ3n) is 3.17. The highest BCUT2D eigenvalue weighted by molar-refractivity contribution is 7.22. The van der Waals surface area contributed by atoms with Crippen molar-refractivity contribution in [3.63, 3.8) is 0 Å². The van der Waals surface area contributed by atoms with Crippen molar-refractivity contribution >= 4 is 38.5 Å². The highest BCUT2D eigenvalue weighted by Crippen LogP contribution is 2.28. The Morgan fingerprint density at radius 3 is 2.50 bits per heavy atom. The fourth-order valence-corrected chi connectivity index (χ4v) is 2.77. The molecule has 1 aromatic heterocycles. The first-order valence-corrected chi connectivity index (χ1v) is 6.68. The van der Waals surface area contributed by atoms with Gasteiger partial charge in [-0.2, -0.15) is 5.01 Å². The molecule has 0 spiro atoms. The van der Waals surface area contributed by atoms with E-state index in [1.54, 1.807) is 19.9 Å². The van der Waals surface area contributed by atoms with Gasteiger partial charge in [0.1, 0.15) is 5.82 Å². The number of hydrogen-bond acceptors (Lipinski definition) is 5. The van der Waals surface area contributed by atoms with Crippen molar-refractivity contribution in [1.29, 1.82) is 0 Å². The molecule has 0 aliphatic carbocycles. The normalized spacial score (nSPS) is 15.7. The van der Waals surface area contributed by atoms with Gasteiger partial charge in [0.2, 0.25) is 5.13 Å². The fraction of sp³-hybridized carbons (Fsp3) is 0.154. The second-order valence-corrected chi connectivity index (χ2v) is 5.47. The van der Waals surface area contributed by atoms with Crippen LogP contribution in [0.2, 0.25) is 0 Å². The quantitative estimate of drug-likeness (QED) is 0.863. The zero-order valence-electron chi connectivity index (χ0n) is 10.7. The maximum Gasteiger partial charge on any atom is 0.275 e. The summed E-state index contributed by atoms with van der Waals surface area (Å²) in [6.45, 7) is 3.20. The molecule has 1 aliphatic rings. The van der Waals surface area contributed by atoms with E-state index < -0.39 is 11.8 Å². The molecule has 0 atom stereocenters. The van der Waals surface area contributed by atoms with Crippen LogP contribution in [0.15, 0.2) is 29.3 Å².